The highest BCUT2D eigenvalue weighted by Gasteiger charge is 2.21. The van der Waals surface area contributed by atoms with Crippen molar-refractivity contribution in [2.45, 2.75) is 39.5 Å². The monoisotopic (exact) mass is 322 g/mol. The van der Waals surface area contributed by atoms with E-state index in [0.717, 1.165) is 69.2 Å². The molecule has 23 heavy (non-hydrogen) atoms. The van der Waals surface area contributed by atoms with Crippen molar-refractivity contribution in [2.75, 3.05) is 50.2 Å². The van der Waals surface area contributed by atoms with Crippen LogP contribution in [0, 0.1) is 0 Å². The molecule has 1 fully saturated rings. The number of morpholine rings is 1. The number of rotatable bonds is 9. The Kier molecular flexibility index (Phi) is 7.33. The lowest BCUT2D eigenvalue weighted by Gasteiger charge is -2.31. The van der Waals surface area contributed by atoms with Gasteiger partial charge in [-0.25, -0.2) is 0 Å². The molecule has 0 spiro atoms. The lowest BCUT2D eigenvalue weighted by atomic mass is 10.2. The Morgan fingerprint density at radius 2 is 1.57 bits per heavy atom. The zero-order valence-corrected chi connectivity index (χ0v) is 14.5. The lowest BCUT2D eigenvalue weighted by molar-refractivity contribution is 0.122. The number of benzene rings is 1. The molecule has 2 rings (SSSR count). The van der Waals surface area contributed by atoms with Gasteiger partial charge in [-0.3, -0.25) is 0 Å². The summed E-state index contributed by atoms with van der Waals surface area (Å²) in [5.74, 6) is 1.60. The first-order valence-electron chi connectivity index (χ1n) is 8.78. The minimum absolute atomic E-state index is 0.678. The number of nitrogens with zero attached hydrogens (tertiary/aromatic N) is 1. The molecule has 1 saturated heterocycles. The average molecular weight is 322 g/mol. The summed E-state index contributed by atoms with van der Waals surface area (Å²) in [6.45, 7) is 8.80. The summed E-state index contributed by atoms with van der Waals surface area (Å²) in [7, 11) is 0. The van der Waals surface area contributed by atoms with Crippen molar-refractivity contribution in [3.63, 3.8) is 0 Å². The third kappa shape index (κ3) is 4.93. The average Bonchev–Trinajstić information content (AvgIpc) is 2.58. The molecule has 1 aliphatic heterocycles. The van der Waals surface area contributed by atoms with Crippen LogP contribution in [0.4, 0.5) is 11.4 Å². The quantitative estimate of drug-likeness (QED) is 0.557. The molecule has 0 amide bonds. The molecule has 0 atom stereocenters. The number of hydrogen-bond donors (Lipinski definition) is 1. The molecular formula is C18H30N2O3. The van der Waals surface area contributed by atoms with Crippen LogP contribution in [0.1, 0.15) is 39.5 Å². The number of ether oxygens (including phenoxy) is 3. The van der Waals surface area contributed by atoms with Crippen LogP contribution in [0.25, 0.3) is 0 Å². The molecule has 130 valence electrons. The molecule has 0 unspecified atom stereocenters. The van der Waals surface area contributed by atoms with E-state index < -0.39 is 0 Å². The van der Waals surface area contributed by atoms with Crippen molar-refractivity contribution in [1.29, 1.82) is 0 Å². The van der Waals surface area contributed by atoms with Gasteiger partial charge >= 0.3 is 0 Å². The molecule has 1 aromatic rings. The van der Waals surface area contributed by atoms with E-state index in [-0.39, 0.29) is 0 Å². The first-order chi connectivity index (χ1) is 11.3. The number of anilines is 2. The maximum absolute atomic E-state index is 6.41. The van der Waals surface area contributed by atoms with Gasteiger partial charge in [0.15, 0.2) is 0 Å². The number of nitrogen functional groups attached to an aromatic ring is 1. The number of unbranched alkanes of at least 4 members (excludes halogenated alkanes) is 2. The fourth-order valence-electron chi connectivity index (χ4n) is 2.58. The number of nitrogens with two attached hydrogens (primary N) is 1. The van der Waals surface area contributed by atoms with Gasteiger partial charge in [-0.15, -0.1) is 0 Å². The van der Waals surface area contributed by atoms with Gasteiger partial charge in [0.1, 0.15) is 22.9 Å². The summed E-state index contributed by atoms with van der Waals surface area (Å²) in [6, 6.07) is 3.91. The molecule has 0 radical (unpaired) electrons. The Morgan fingerprint density at radius 3 is 2.17 bits per heavy atom. The topological polar surface area (TPSA) is 57.0 Å². The standard InChI is InChI=1S/C18H30N2O3/c1-3-5-11-22-15-7-8-16(23-12-6-4-2)18(17(15)19)20-9-13-21-14-10-20/h7-8H,3-6,9-14,19H2,1-2H3. The van der Waals surface area contributed by atoms with E-state index in [0.29, 0.717) is 18.9 Å². The summed E-state index contributed by atoms with van der Waals surface area (Å²) in [4.78, 5) is 2.24. The van der Waals surface area contributed by atoms with Gasteiger partial charge in [-0.1, -0.05) is 26.7 Å². The predicted molar refractivity (Wildman–Crippen MR) is 94.7 cm³/mol. The van der Waals surface area contributed by atoms with Crippen molar-refractivity contribution >= 4 is 11.4 Å². The highest BCUT2D eigenvalue weighted by atomic mass is 16.5. The molecule has 0 bridgehead atoms. The van der Waals surface area contributed by atoms with Crippen molar-refractivity contribution in [2.24, 2.45) is 0 Å². The Hall–Kier alpha value is -1.62. The molecule has 2 N–H and O–H groups in total. The molecule has 0 aromatic heterocycles. The SMILES string of the molecule is CCCCOc1ccc(OCCCC)c(N2CCOCC2)c1N. The van der Waals surface area contributed by atoms with E-state index in [1.54, 1.807) is 0 Å². The van der Waals surface area contributed by atoms with Crippen LogP contribution in [-0.2, 0) is 4.74 Å². The maximum Gasteiger partial charge on any atom is 0.145 e. The van der Waals surface area contributed by atoms with Crippen LogP contribution in [0.2, 0.25) is 0 Å². The van der Waals surface area contributed by atoms with Crippen molar-refractivity contribution in [3.05, 3.63) is 12.1 Å². The van der Waals surface area contributed by atoms with Crippen molar-refractivity contribution < 1.29 is 14.2 Å². The summed E-state index contributed by atoms with van der Waals surface area (Å²) >= 11 is 0. The third-order valence-corrected chi connectivity index (χ3v) is 3.98. The van der Waals surface area contributed by atoms with E-state index in [4.69, 9.17) is 19.9 Å². The van der Waals surface area contributed by atoms with E-state index in [2.05, 4.69) is 18.7 Å². The largest absolute Gasteiger partial charge is 0.491 e. The maximum atomic E-state index is 6.41. The van der Waals surface area contributed by atoms with Gasteiger partial charge in [-0.05, 0) is 25.0 Å². The molecule has 1 aliphatic rings. The van der Waals surface area contributed by atoms with Crippen LogP contribution in [0.15, 0.2) is 12.1 Å². The molecule has 0 aliphatic carbocycles. The Morgan fingerprint density at radius 1 is 1.00 bits per heavy atom. The summed E-state index contributed by atoms with van der Waals surface area (Å²) in [6.07, 6.45) is 4.29. The van der Waals surface area contributed by atoms with Gasteiger partial charge in [0.05, 0.1) is 26.4 Å². The summed E-state index contributed by atoms with van der Waals surface area (Å²) in [5.41, 5.74) is 8.05. The van der Waals surface area contributed by atoms with Crippen LogP contribution >= 0.6 is 0 Å². The molecule has 0 saturated carbocycles. The Bertz CT molecular complexity index is 474. The molecule has 1 aromatic carbocycles. The zero-order chi connectivity index (χ0) is 16.5. The first kappa shape index (κ1) is 17.7. The van der Waals surface area contributed by atoms with Gasteiger partial charge in [0, 0.05) is 13.1 Å². The van der Waals surface area contributed by atoms with Crippen molar-refractivity contribution in [1.82, 2.24) is 0 Å². The first-order valence-corrected chi connectivity index (χ1v) is 8.78. The summed E-state index contributed by atoms with van der Waals surface area (Å²) < 4.78 is 17.3. The minimum atomic E-state index is 0.678. The number of hydrogen-bond acceptors (Lipinski definition) is 5. The highest BCUT2D eigenvalue weighted by Crippen LogP contribution is 2.41. The Labute approximate surface area is 139 Å². The van der Waals surface area contributed by atoms with Gasteiger partial charge in [-0.2, -0.15) is 0 Å². The van der Waals surface area contributed by atoms with Gasteiger partial charge in [0.25, 0.3) is 0 Å². The second-order valence-electron chi connectivity index (χ2n) is 5.83. The third-order valence-electron chi connectivity index (χ3n) is 3.98. The minimum Gasteiger partial charge on any atom is -0.491 e. The second-order valence-corrected chi connectivity index (χ2v) is 5.83. The van der Waals surface area contributed by atoms with E-state index in [1.165, 1.54) is 0 Å². The highest BCUT2D eigenvalue weighted by molar-refractivity contribution is 5.80. The summed E-state index contributed by atoms with van der Waals surface area (Å²) in [5, 5.41) is 0. The fourth-order valence-corrected chi connectivity index (χ4v) is 2.58. The smallest absolute Gasteiger partial charge is 0.145 e. The molecule has 5 nitrogen and oxygen atoms in total. The lowest BCUT2D eigenvalue weighted by Crippen LogP contribution is -2.37. The zero-order valence-electron chi connectivity index (χ0n) is 14.5. The van der Waals surface area contributed by atoms with E-state index in [1.807, 2.05) is 12.1 Å². The van der Waals surface area contributed by atoms with Crippen molar-refractivity contribution in [3.8, 4) is 11.5 Å². The van der Waals surface area contributed by atoms with Gasteiger partial charge < -0.3 is 24.8 Å². The van der Waals surface area contributed by atoms with E-state index in [9.17, 15) is 0 Å². The van der Waals surface area contributed by atoms with Crippen LogP contribution in [0.5, 0.6) is 11.5 Å². The fraction of sp³-hybridized carbons (Fsp3) is 0.667. The molecular weight excluding hydrogens is 292 g/mol. The van der Waals surface area contributed by atoms with Crippen LogP contribution < -0.4 is 20.1 Å². The van der Waals surface area contributed by atoms with Crippen LogP contribution in [-0.4, -0.2) is 39.5 Å². The Balaban J connectivity index is 2.20. The normalized spacial score (nSPS) is 14.8. The predicted octanol–water partition coefficient (Wildman–Crippen LogP) is 3.46. The van der Waals surface area contributed by atoms with Gasteiger partial charge in [0.2, 0.25) is 0 Å². The second kappa shape index (κ2) is 9.50. The molecule has 5 heteroatoms. The van der Waals surface area contributed by atoms with Crippen LogP contribution in [0.3, 0.4) is 0 Å². The molecule has 1 heterocycles. The van der Waals surface area contributed by atoms with E-state index >= 15 is 0 Å².